The second-order valence-corrected chi connectivity index (χ2v) is 4.75. The van der Waals surface area contributed by atoms with Gasteiger partial charge in [-0.05, 0) is 24.8 Å². The van der Waals surface area contributed by atoms with Crippen LogP contribution in [0.1, 0.15) is 17.3 Å². The summed E-state index contributed by atoms with van der Waals surface area (Å²) in [7, 11) is 0. The molecular weight excluding hydrogens is 269 g/mol. The van der Waals surface area contributed by atoms with Crippen LogP contribution in [0.5, 0.6) is 0 Å². The van der Waals surface area contributed by atoms with Crippen LogP contribution in [0.3, 0.4) is 0 Å². The molecule has 0 fully saturated rings. The first-order chi connectivity index (χ1) is 8.97. The Morgan fingerprint density at radius 1 is 1.47 bits per heavy atom. The zero-order valence-corrected chi connectivity index (χ0v) is 10.8. The van der Waals surface area contributed by atoms with Crippen LogP contribution in [0.2, 0.25) is 0 Å². The standard InChI is InChI=1S/C12H10FN3O2S/c1-6(17)7-3-2-4-8(13)11(7)19-12-15-9(14)5-10(18)16-12/h2-5H,1H3,(H3,14,15,16,18). The normalized spacial score (nSPS) is 10.4. The Kier molecular flexibility index (Phi) is 3.66. The Morgan fingerprint density at radius 2 is 2.21 bits per heavy atom. The molecule has 5 nitrogen and oxygen atoms in total. The number of carbonyl (C=O) groups excluding carboxylic acids is 1. The van der Waals surface area contributed by atoms with Gasteiger partial charge in [0.2, 0.25) is 0 Å². The van der Waals surface area contributed by atoms with Crippen LogP contribution in [-0.4, -0.2) is 15.8 Å². The average molecular weight is 279 g/mol. The molecule has 0 spiro atoms. The van der Waals surface area contributed by atoms with Crippen molar-refractivity contribution in [2.45, 2.75) is 17.0 Å². The lowest BCUT2D eigenvalue weighted by molar-refractivity contribution is 0.101. The number of anilines is 1. The van der Waals surface area contributed by atoms with Gasteiger partial charge in [0.25, 0.3) is 5.56 Å². The maximum absolute atomic E-state index is 13.8. The summed E-state index contributed by atoms with van der Waals surface area (Å²) in [6.45, 7) is 1.34. The molecule has 2 rings (SSSR count). The van der Waals surface area contributed by atoms with Gasteiger partial charge in [-0.2, -0.15) is 0 Å². The van der Waals surface area contributed by atoms with E-state index in [0.717, 1.165) is 17.8 Å². The van der Waals surface area contributed by atoms with Crippen LogP contribution < -0.4 is 11.3 Å². The fourth-order valence-corrected chi connectivity index (χ4v) is 2.47. The van der Waals surface area contributed by atoms with E-state index in [4.69, 9.17) is 5.73 Å². The number of aromatic nitrogens is 2. The van der Waals surface area contributed by atoms with Gasteiger partial charge in [-0.15, -0.1) is 0 Å². The summed E-state index contributed by atoms with van der Waals surface area (Å²) in [6, 6.07) is 5.32. The molecule has 19 heavy (non-hydrogen) atoms. The number of aromatic amines is 1. The van der Waals surface area contributed by atoms with Crippen LogP contribution >= 0.6 is 11.8 Å². The first-order valence-electron chi connectivity index (χ1n) is 5.31. The monoisotopic (exact) mass is 279 g/mol. The first kappa shape index (κ1) is 13.3. The topological polar surface area (TPSA) is 88.8 Å². The van der Waals surface area contributed by atoms with E-state index in [-0.39, 0.29) is 27.2 Å². The van der Waals surface area contributed by atoms with E-state index in [9.17, 15) is 14.0 Å². The van der Waals surface area contributed by atoms with Crippen molar-refractivity contribution in [1.29, 1.82) is 0 Å². The van der Waals surface area contributed by atoms with Gasteiger partial charge in [0, 0.05) is 11.6 Å². The molecule has 0 aliphatic heterocycles. The van der Waals surface area contributed by atoms with E-state index >= 15 is 0 Å². The minimum atomic E-state index is -0.553. The molecule has 98 valence electrons. The Morgan fingerprint density at radius 3 is 2.84 bits per heavy atom. The SMILES string of the molecule is CC(=O)c1cccc(F)c1Sc1nc(N)cc(=O)[nH]1. The van der Waals surface area contributed by atoms with E-state index in [2.05, 4.69) is 9.97 Å². The maximum atomic E-state index is 13.8. The van der Waals surface area contributed by atoms with Gasteiger partial charge >= 0.3 is 0 Å². The molecule has 0 bridgehead atoms. The predicted molar refractivity (Wildman–Crippen MR) is 69.8 cm³/mol. The van der Waals surface area contributed by atoms with Gasteiger partial charge in [-0.25, -0.2) is 9.37 Å². The van der Waals surface area contributed by atoms with E-state index in [0.29, 0.717) is 0 Å². The molecule has 0 saturated carbocycles. The number of Topliss-reactive ketones (excluding diaryl/α,β-unsaturated/α-hetero) is 1. The highest BCUT2D eigenvalue weighted by atomic mass is 32.2. The van der Waals surface area contributed by atoms with Crippen molar-refractivity contribution in [3.63, 3.8) is 0 Å². The largest absolute Gasteiger partial charge is 0.383 e. The molecule has 3 N–H and O–H groups in total. The number of nitrogens with zero attached hydrogens (tertiary/aromatic N) is 1. The minimum absolute atomic E-state index is 0.0342. The number of halogens is 1. The number of rotatable bonds is 3. The Hall–Kier alpha value is -2.15. The molecule has 0 aliphatic carbocycles. The number of hydrogen-bond acceptors (Lipinski definition) is 5. The summed E-state index contributed by atoms with van der Waals surface area (Å²) in [5.74, 6) is -0.789. The molecule has 0 saturated heterocycles. The highest BCUT2D eigenvalue weighted by molar-refractivity contribution is 7.99. The molecule has 0 amide bonds. The fraction of sp³-hybridized carbons (Fsp3) is 0.0833. The molecule has 1 heterocycles. The zero-order chi connectivity index (χ0) is 14.0. The number of carbonyl (C=O) groups is 1. The summed E-state index contributed by atoms with van der Waals surface area (Å²) in [5, 5.41) is 0.137. The van der Waals surface area contributed by atoms with Crippen LogP contribution in [0, 0.1) is 5.82 Å². The molecule has 7 heteroatoms. The number of ketones is 1. The third-order valence-corrected chi connectivity index (χ3v) is 3.29. The van der Waals surface area contributed by atoms with Crippen molar-refractivity contribution in [3.8, 4) is 0 Å². The summed E-state index contributed by atoms with van der Waals surface area (Å²) in [4.78, 5) is 29.1. The molecule has 0 radical (unpaired) electrons. The number of hydrogen-bond donors (Lipinski definition) is 2. The Balaban J connectivity index is 2.48. The van der Waals surface area contributed by atoms with E-state index in [1.165, 1.54) is 25.1 Å². The van der Waals surface area contributed by atoms with E-state index in [1.807, 2.05) is 0 Å². The predicted octanol–water partition coefficient (Wildman–Crippen LogP) is 1.84. The number of nitrogen functional groups attached to an aromatic ring is 1. The average Bonchev–Trinajstić information content (AvgIpc) is 2.30. The van der Waals surface area contributed by atoms with Gasteiger partial charge in [-0.3, -0.25) is 9.59 Å². The van der Waals surface area contributed by atoms with Gasteiger partial charge in [0.15, 0.2) is 10.9 Å². The second kappa shape index (κ2) is 5.23. The quantitative estimate of drug-likeness (QED) is 0.661. The van der Waals surface area contributed by atoms with Crippen molar-refractivity contribution in [1.82, 2.24) is 9.97 Å². The first-order valence-corrected chi connectivity index (χ1v) is 6.13. The van der Waals surface area contributed by atoms with Crippen LogP contribution in [0.4, 0.5) is 10.2 Å². The van der Waals surface area contributed by atoms with Gasteiger partial charge in [0.05, 0.1) is 4.90 Å². The molecule has 0 atom stereocenters. The second-order valence-electron chi connectivity index (χ2n) is 3.75. The highest BCUT2D eigenvalue weighted by Crippen LogP contribution is 2.30. The Labute approximate surface area is 112 Å². The summed E-state index contributed by atoms with van der Waals surface area (Å²) < 4.78 is 13.8. The molecule has 1 aromatic carbocycles. The third-order valence-electron chi connectivity index (χ3n) is 2.28. The van der Waals surface area contributed by atoms with E-state index < -0.39 is 11.4 Å². The van der Waals surface area contributed by atoms with Crippen molar-refractivity contribution in [3.05, 3.63) is 46.0 Å². The van der Waals surface area contributed by atoms with Crippen molar-refractivity contribution in [2.75, 3.05) is 5.73 Å². The lowest BCUT2D eigenvalue weighted by Gasteiger charge is -2.07. The highest BCUT2D eigenvalue weighted by Gasteiger charge is 2.14. The Bertz CT molecular complexity index is 700. The molecule has 2 aromatic rings. The number of H-pyrrole nitrogens is 1. The number of nitrogens with one attached hydrogen (secondary N) is 1. The summed E-state index contributed by atoms with van der Waals surface area (Å²) in [6.07, 6.45) is 0. The van der Waals surface area contributed by atoms with Crippen molar-refractivity contribution in [2.24, 2.45) is 0 Å². The van der Waals surface area contributed by atoms with E-state index in [1.54, 1.807) is 0 Å². The van der Waals surface area contributed by atoms with Crippen LogP contribution in [-0.2, 0) is 0 Å². The maximum Gasteiger partial charge on any atom is 0.253 e. The molecule has 0 unspecified atom stereocenters. The molecular formula is C12H10FN3O2S. The van der Waals surface area contributed by atoms with Gasteiger partial charge in [0.1, 0.15) is 11.6 Å². The van der Waals surface area contributed by atoms with Gasteiger partial charge in [-0.1, -0.05) is 12.1 Å². The molecule has 1 aromatic heterocycles. The van der Waals surface area contributed by atoms with Crippen LogP contribution in [0.25, 0.3) is 0 Å². The lowest BCUT2D eigenvalue weighted by Crippen LogP contribution is -2.09. The summed E-state index contributed by atoms with van der Waals surface area (Å²) >= 11 is 0.855. The lowest BCUT2D eigenvalue weighted by atomic mass is 10.1. The van der Waals surface area contributed by atoms with Crippen molar-refractivity contribution < 1.29 is 9.18 Å². The molecule has 0 aliphatic rings. The number of nitrogens with two attached hydrogens (primary N) is 1. The van der Waals surface area contributed by atoms with Crippen molar-refractivity contribution >= 4 is 23.4 Å². The number of benzene rings is 1. The smallest absolute Gasteiger partial charge is 0.253 e. The van der Waals surface area contributed by atoms with Crippen LogP contribution in [0.15, 0.2) is 39.1 Å². The van der Waals surface area contributed by atoms with Gasteiger partial charge < -0.3 is 10.7 Å². The third kappa shape index (κ3) is 3.00. The summed E-state index contributed by atoms with van der Waals surface area (Å²) in [5.41, 5.74) is 5.24. The fourth-order valence-electron chi connectivity index (χ4n) is 1.49. The minimum Gasteiger partial charge on any atom is -0.383 e. The zero-order valence-electron chi connectivity index (χ0n) is 9.94.